The molecule has 120 valence electrons. The number of halogens is 1. The summed E-state index contributed by atoms with van der Waals surface area (Å²) in [6, 6.07) is 2.22. The molecule has 1 N–H and O–H groups in total. The van der Waals surface area contributed by atoms with Crippen LogP contribution in [0.1, 0.15) is 32.3 Å². The largest absolute Gasteiger partial charge is 0.314 e. The predicted octanol–water partition coefficient (Wildman–Crippen LogP) is 3.22. The molecule has 0 aliphatic carbocycles. The van der Waals surface area contributed by atoms with E-state index in [1.807, 2.05) is 6.92 Å². The van der Waals surface area contributed by atoms with Gasteiger partial charge in [0.05, 0.1) is 3.79 Å². The summed E-state index contributed by atoms with van der Waals surface area (Å²) in [6.45, 7) is 8.42. The van der Waals surface area contributed by atoms with Crippen LogP contribution in [0.2, 0.25) is 0 Å². The van der Waals surface area contributed by atoms with Gasteiger partial charge in [0.2, 0.25) is 0 Å². The summed E-state index contributed by atoms with van der Waals surface area (Å²) in [4.78, 5) is 0. The van der Waals surface area contributed by atoms with E-state index in [0.29, 0.717) is 29.3 Å². The molecular formula is C14H23BrN2O2S2. The number of nitrogens with one attached hydrogen (secondary N) is 1. The molecular weight excluding hydrogens is 372 g/mol. The Morgan fingerprint density at radius 3 is 2.57 bits per heavy atom. The zero-order valence-electron chi connectivity index (χ0n) is 12.7. The van der Waals surface area contributed by atoms with Crippen molar-refractivity contribution < 1.29 is 8.42 Å². The Balaban J connectivity index is 2.04. The molecule has 4 nitrogen and oxygen atoms in total. The van der Waals surface area contributed by atoms with Gasteiger partial charge in [-0.25, -0.2) is 8.42 Å². The minimum Gasteiger partial charge on any atom is -0.314 e. The third kappa shape index (κ3) is 3.88. The summed E-state index contributed by atoms with van der Waals surface area (Å²) in [7, 11) is -3.32. The molecule has 1 aromatic rings. The molecule has 2 heterocycles. The van der Waals surface area contributed by atoms with E-state index in [4.69, 9.17) is 0 Å². The normalized spacial score (nSPS) is 19.8. The molecule has 1 fully saturated rings. The molecule has 1 aliphatic heterocycles. The second-order valence-electron chi connectivity index (χ2n) is 5.61. The van der Waals surface area contributed by atoms with Gasteiger partial charge in [-0.05, 0) is 66.7 Å². The lowest BCUT2D eigenvalue weighted by molar-refractivity contribution is 0.233. The van der Waals surface area contributed by atoms with Crippen LogP contribution in [0.5, 0.6) is 0 Å². The standard InChI is InChI=1S/C14H23BrN2O2S2/c1-4-16-11(3)12-5-7-17(8-6-12)21(18,19)13-9-10(2)14(15)20-13/h9,11-12,16H,4-8H2,1-3H3. The Kier molecular flexibility index (Phi) is 5.87. The van der Waals surface area contributed by atoms with Crippen molar-refractivity contribution in [2.45, 2.75) is 43.9 Å². The zero-order chi connectivity index (χ0) is 15.6. The minimum atomic E-state index is -3.32. The van der Waals surface area contributed by atoms with Crippen molar-refractivity contribution in [2.24, 2.45) is 5.92 Å². The Morgan fingerprint density at radius 2 is 2.10 bits per heavy atom. The van der Waals surface area contributed by atoms with Gasteiger partial charge in [0.15, 0.2) is 0 Å². The predicted molar refractivity (Wildman–Crippen MR) is 91.4 cm³/mol. The van der Waals surface area contributed by atoms with Gasteiger partial charge < -0.3 is 5.32 Å². The third-order valence-electron chi connectivity index (χ3n) is 4.16. The molecule has 0 saturated carbocycles. The van der Waals surface area contributed by atoms with Crippen molar-refractivity contribution in [2.75, 3.05) is 19.6 Å². The van der Waals surface area contributed by atoms with Gasteiger partial charge in [-0.1, -0.05) is 6.92 Å². The van der Waals surface area contributed by atoms with Crippen LogP contribution in [0.15, 0.2) is 14.1 Å². The summed E-state index contributed by atoms with van der Waals surface area (Å²) in [6.07, 6.45) is 1.86. The van der Waals surface area contributed by atoms with Gasteiger partial charge in [0, 0.05) is 19.1 Å². The van der Waals surface area contributed by atoms with E-state index in [9.17, 15) is 8.42 Å². The van der Waals surface area contributed by atoms with Gasteiger partial charge >= 0.3 is 0 Å². The van der Waals surface area contributed by atoms with Crippen LogP contribution in [0.3, 0.4) is 0 Å². The molecule has 0 spiro atoms. The van der Waals surface area contributed by atoms with Crippen molar-refractivity contribution in [1.82, 2.24) is 9.62 Å². The van der Waals surface area contributed by atoms with Crippen LogP contribution in [0.4, 0.5) is 0 Å². The van der Waals surface area contributed by atoms with Gasteiger partial charge in [0.1, 0.15) is 4.21 Å². The lowest BCUT2D eigenvalue weighted by atomic mass is 9.91. The second kappa shape index (κ2) is 7.08. The molecule has 0 radical (unpaired) electrons. The fourth-order valence-corrected chi connectivity index (χ4v) is 6.64. The lowest BCUT2D eigenvalue weighted by Crippen LogP contribution is -2.43. The first-order valence-electron chi connectivity index (χ1n) is 7.35. The number of thiophene rings is 1. The molecule has 21 heavy (non-hydrogen) atoms. The maximum absolute atomic E-state index is 12.7. The van der Waals surface area contributed by atoms with Crippen molar-refractivity contribution >= 4 is 37.3 Å². The number of piperidine rings is 1. The highest BCUT2D eigenvalue weighted by Crippen LogP contribution is 2.34. The van der Waals surface area contributed by atoms with Gasteiger partial charge in [-0.3, -0.25) is 0 Å². The third-order valence-corrected chi connectivity index (χ3v) is 8.64. The van der Waals surface area contributed by atoms with Crippen LogP contribution < -0.4 is 5.32 Å². The monoisotopic (exact) mass is 394 g/mol. The first-order valence-corrected chi connectivity index (χ1v) is 10.4. The van der Waals surface area contributed by atoms with Crippen molar-refractivity contribution in [3.63, 3.8) is 0 Å². The lowest BCUT2D eigenvalue weighted by Gasteiger charge is -2.34. The number of hydrogen-bond acceptors (Lipinski definition) is 4. The topological polar surface area (TPSA) is 49.4 Å². The van der Waals surface area contributed by atoms with E-state index in [1.54, 1.807) is 10.4 Å². The smallest absolute Gasteiger partial charge is 0.252 e. The molecule has 1 unspecified atom stereocenters. The molecule has 1 atom stereocenters. The van der Waals surface area contributed by atoms with Crippen LogP contribution in [-0.4, -0.2) is 38.4 Å². The van der Waals surface area contributed by atoms with E-state index >= 15 is 0 Å². The summed E-state index contributed by atoms with van der Waals surface area (Å²) < 4.78 is 28.3. The van der Waals surface area contributed by atoms with E-state index < -0.39 is 10.0 Å². The average Bonchev–Trinajstić information content (AvgIpc) is 2.80. The van der Waals surface area contributed by atoms with Crippen LogP contribution in [0.25, 0.3) is 0 Å². The van der Waals surface area contributed by atoms with E-state index in [-0.39, 0.29) is 0 Å². The van der Waals surface area contributed by atoms with E-state index in [0.717, 1.165) is 28.7 Å². The molecule has 0 aromatic carbocycles. The van der Waals surface area contributed by atoms with Crippen LogP contribution >= 0.6 is 27.3 Å². The number of rotatable bonds is 5. The number of nitrogens with zero attached hydrogens (tertiary/aromatic N) is 1. The van der Waals surface area contributed by atoms with Crippen LogP contribution in [-0.2, 0) is 10.0 Å². The molecule has 0 bridgehead atoms. The van der Waals surface area contributed by atoms with Crippen molar-refractivity contribution in [1.29, 1.82) is 0 Å². The fraction of sp³-hybridized carbons (Fsp3) is 0.714. The summed E-state index contributed by atoms with van der Waals surface area (Å²) in [5.41, 5.74) is 0.981. The Morgan fingerprint density at radius 1 is 1.48 bits per heavy atom. The molecule has 2 rings (SSSR count). The van der Waals surface area contributed by atoms with Crippen molar-refractivity contribution in [3.8, 4) is 0 Å². The zero-order valence-corrected chi connectivity index (χ0v) is 15.9. The fourth-order valence-electron chi connectivity index (χ4n) is 2.79. The number of sulfonamides is 1. The average molecular weight is 395 g/mol. The first kappa shape index (κ1) is 17.4. The Hall–Kier alpha value is 0.0500. The maximum Gasteiger partial charge on any atom is 0.252 e. The highest BCUT2D eigenvalue weighted by Gasteiger charge is 2.32. The Bertz CT molecular complexity index is 558. The second-order valence-corrected chi connectivity index (χ2v) is 10.1. The highest BCUT2D eigenvalue weighted by atomic mass is 79.9. The SMILES string of the molecule is CCNC(C)C1CCN(S(=O)(=O)c2cc(C)c(Br)s2)CC1. The maximum atomic E-state index is 12.7. The van der Waals surface area contributed by atoms with Crippen LogP contribution in [0, 0.1) is 12.8 Å². The van der Waals surface area contributed by atoms with E-state index in [2.05, 4.69) is 35.1 Å². The summed E-state index contributed by atoms with van der Waals surface area (Å²) >= 11 is 4.71. The van der Waals surface area contributed by atoms with Gasteiger partial charge in [0.25, 0.3) is 10.0 Å². The molecule has 7 heteroatoms. The molecule has 1 aromatic heterocycles. The van der Waals surface area contributed by atoms with E-state index in [1.165, 1.54) is 11.3 Å². The molecule has 0 amide bonds. The van der Waals surface area contributed by atoms with Gasteiger partial charge in [-0.2, -0.15) is 4.31 Å². The molecule has 1 saturated heterocycles. The first-order chi connectivity index (χ1) is 9.86. The quantitative estimate of drug-likeness (QED) is 0.833. The summed E-state index contributed by atoms with van der Waals surface area (Å²) in [5, 5.41) is 3.44. The highest BCUT2D eigenvalue weighted by molar-refractivity contribution is 9.11. The van der Waals surface area contributed by atoms with Gasteiger partial charge in [-0.15, -0.1) is 11.3 Å². The van der Waals surface area contributed by atoms with Crippen molar-refractivity contribution in [3.05, 3.63) is 15.4 Å². The Labute approximate surface area is 140 Å². The number of aryl methyl sites for hydroxylation is 1. The minimum absolute atomic E-state index is 0.449. The molecule has 1 aliphatic rings. The number of hydrogen-bond donors (Lipinski definition) is 1. The summed E-state index contributed by atoms with van der Waals surface area (Å²) in [5.74, 6) is 0.563.